The van der Waals surface area contributed by atoms with Crippen molar-refractivity contribution in [3.05, 3.63) is 64.0 Å². The Kier molecular flexibility index (Phi) is 4.98. The monoisotopic (exact) mass is 315 g/mol. The van der Waals surface area contributed by atoms with Crippen LogP contribution in [0.3, 0.4) is 0 Å². The molecule has 118 valence electrons. The molecule has 0 atom stereocenters. The normalized spacial score (nSPS) is 9.96. The molecule has 1 amide bonds. The largest absolute Gasteiger partial charge is 0.426 e. The number of amides is 1. The SMILES string of the molecule is CC(=O)Oc1cccc([N+](=O)[O-])c1CNC(=O)c1ccccn1. The fourth-order valence-corrected chi connectivity index (χ4v) is 1.91. The van der Waals surface area contributed by atoms with Crippen LogP contribution in [0, 0.1) is 10.1 Å². The number of nitro groups is 1. The fraction of sp³-hybridized carbons (Fsp3) is 0.133. The van der Waals surface area contributed by atoms with Gasteiger partial charge in [0.25, 0.3) is 11.6 Å². The number of nitrogens with one attached hydrogen (secondary N) is 1. The maximum atomic E-state index is 12.0. The molecule has 0 saturated heterocycles. The molecule has 1 aromatic heterocycles. The summed E-state index contributed by atoms with van der Waals surface area (Å²) in [6.45, 7) is 1.02. The molecule has 0 aliphatic heterocycles. The summed E-state index contributed by atoms with van der Waals surface area (Å²) in [7, 11) is 0. The van der Waals surface area contributed by atoms with E-state index in [9.17, 15) is 19.7 Å². The van der Waals surface area contributed by atoms with Gasteiger partial charge in [-0.1, -0.05) is 12.1 Å². The van der Waals surface area contributed by atoms with Gasteiger partial charge < -0.3 is 10.1 Å². The molecule has 1 heterocycles. The van der Waals surface area contributed by atoms with Crippen LogP contribution < -0.4 is 10.1 Å². The van der Waals surface area contributed by atoms with E-state index in [1.165, 1.54) is 37.4 Å². The lowest BCUT2D eigenvalue weighted by atomic mass is 10.1. The predicted molar refractivity (Wildman–Crippen MR) is 79.8 cm³/mol. The van der Waals surface area contributed by atoms with Crippen LogP contribution in [0.25, 0.3) is 0 Å². The zero-order chi connectivity index (χ0) is 16.8. The van der Waals surface area contributed by atoms with Crippen molar-refractivity contribution in [1.29, 1.82) is 0 Å². The number of pyridine rings is 1. The Balaban J connectivity index is 2.25. The first-order chi connectivity index (χ1) is 11.0. The van der Waals surface area contributed by atoms with Crippen molar-refractivity contribution < 1.29 is 19.2 Å². The molecule has 0 fully saturated rings. The smallest absolute Gasteiger partial charge is 0.308 e. The minimum Gasteiger partial charge on any atom is -0.426 e. The number of nitrogens with zero attached hydrogens (tertiary/aromatic N) is 2. The molecule has 0 saturated carbocycles. The first-order valence-corrected chi connectivity index (χ1v) is 6.63. The fourth-order valence-electron chi connectivity index (χ4n) is 1.91. The van der Waals surface area contributed by atoms with Gasteiger partial charge in [0.1, 0.15) is 11.4 Å². The zero-order valence-corrected chi connectivity index (χ0v) is 12.2. The van der Waals surface area contributed by atoms with Crippen LogP contribution in [0.2, 0.25) is 0 Å². The topological polar surface area (TPSA) is 111 Å². The Morgan fingerprint density at radius 3 is 2.65 bits per heavy atom. The van der Waals surface area contributed by atoms with Gasteiger partial charge in [-0.3, -0.25) is 24.7 Å². The number of benzene rings is 1. The Hall–Kier alpha value is -3.29. The lowest BCUT2D eigenvalue weighted by Crippen LogP contribution is -2.24. The molecule has 8 nitrogen and oxygen atoms in total. The van der Waals surface area contributed by atoms with Gasteiger partial charge in [-0.2, -0.15) is 0 Å². The molecular formula is C15H13N3O5. The molecule has 0 bridgehead atoms. The van der Waals surface area contributed by atoms with Gasteiger partial charge in [0.05, 0.1) is 17.0 Å². The Morgan fingerprint density at radius 1 is 1.26 bits per heavy atom. The molecule has 1 N–H and O–H groups in total. The van der Waals surface area contributed by atoms with Crippen molar-refractivity contribution in [2.75, 3.05) is 0 Å². The highest BCUT2D eigenvalue weighted by atomic mass is 16.6. The summed E-state index contributed by atoms with van der Waals surface area (Å²) in [5.74, 6) is -1.06. The van der Waals surface area contributed by atoms with Gasteiger partial charge >= 0.3 is 5.97 Å². The lowest BCUT2D eigenvalue weighted by molar-refractivity contribution is -0.385. The number of hydrogen-bond acceptors (Lipinski definition) is 6. The van der Waals surface area contributed by atoms with Crippen LogP contribution in [0.15, 0.2) is 42.6 Å². The molecule has 1 aromatic carbocycles. The van der Waals surface area contributed by atoms with Crippen molar-refractivity contribution in [1.82, 2.24) is 10.3 Å². The Labute approximate surface area is 131 Å². The van der Waals surface area contributed by atoms with E-state index < -0.39 is 16.8 Å². The van der Waals surface area contributed by atoms with Crippen molar-refractivity contribution in [2.45, 2.75) is 13.5 Å². The number of aromatic nitrogens is 1. The summed E-state index contributed by atoms with van der Waals surface area (Å²) in [4.78, 5) is 37.5. The summed E-state index contributed by atoms with van der Waals surface area (Å²) in [6.07, 6.45) is 1.46. The van der Waals surface area contributed by atoms with E-state index in [0.717, 1.165) is 0 Å². The van der Waals surface area contributed by atoms with Gasteiger partial charge in [0.2, 0.25) is 0 Å². The van der Waals surface area contributed by atoms with Crippen LogP contribution in [0.5, 0.6) is 5.75 Å². The molecule has 8 heteroatoms. The van der Waals surface area contributed by atoms with Crippen LogP contribution in [0.1, 0.15) is 23.0 Å². The molecule has 2 aromatic rings. The van der Waals surface area contributed by atoms with E-state index in [4.69, 9.17) is 4.74 Å². The zero-order valence-electron chi connectivity index (χ0n) is 12.2. The minimum absolute atomic E-state index is 0.0352. The van der Waals surface area contributed by atoms with E-state index in [2.05, 4.69) is 10.3 Å². The summed E-state index contributed by atoms with van der Waals surface area (Å²) in [5, 5.41) is 13.6. The Morgan fingerprint density at radius 2 is 2.04 bits per heavy atom. The molecule has 2 rings (SSSR count). The molecule has 0 aliphatic rings. The lowest BCUT2D eigenvalue weighted by Gasteiger charge is -2.10. The van der Waals surface area contributed by atoms with E-state index in [-0.39, 0.29) is 29.2 Å². The number of esters is 1. The first kappa shape index (κ1) is 16.1. The van der Waals surface area contributed by atoms with Crippen LogP contribution in [-0.2, 0) is 11.3 Å². The van der Waals surface area contributed by atoms with E-state index in [1.54, 1.807) is 12.1 Å². The molecule has 0 spiro atoms. The number of ether oxygens (including phenoxy) is 1. The molecule has 23 heavy (non-hydrogen) atoms. The van der Waals surface area contributed by atoms with Crippen LogP contribution in [0.4, 0.5) is 5.69 Å². The highest BCUT2D eigenvalue weighted by molar-refractivity contribution is 5.92. The number of carbonyl (C=O) groups is 2. The summed E-state index contributed by atoms with van der Waals surface area (Å²) >= 11 is 0. The number of rotatable bonds is 5. The molecular weight excluding hydrogens is 302 g/mol. The first-order valence-electron chi connectivity index (χ1n) is 6.63. The second-order valence-corrected chi connectivity index (χ2v) is 4.50. The third-order valence-electron chi connectivity index (χ3n) is 2.88. The van der Waals surface area contributed by atoms with E-state index >= 15 is 0 Å². The Bertz CT molecular complexity index is 746. The highest BCUT2D eigenvalue weighted by Crippen LogP contribution is 2.28. The van der Waals surface area contributed by atoms with Gasteiger partial charge in [0, 0.05) is 19.2 Å². The number of hydrogen-bond donors (Lipinski definition) is 1. The van der Waals surface area contributed by atoms with Gasteiger partial charge in [-0.15, -0.1) is 0 Å². The second kappa shape index (κ2) is 7.12. The van der Waals surface area contributed by atoms with Crippen LogP contribution >= 0.6 is 0 Å². The average Bonchev–Trinajstić information content (AvgIpc) is 2.53. The third-order valence-corrected chi connectivity index (χ3v) is 2.88. The van der Waals surface area contributed by atoms with Crippen molar-refractivity contribution >= 4 is 17.6 Å². The van der Waals surface area contributed by atoms with Crippen molar-refractivity contribution in [3.63, 3.8) is 0 Å². The molecule has 0 radical (unpaired) electrons. The van der Waals surface area contributed by atoms with Crippen molar-refractivity contribution in [3.8, 4) is 5.75 Å². The summed E-state index contributed by atoms with van der Waals surface area (Å²) < 4.78 is 4.96. The third kappa shape index (κ3) is 4.10. The second-order valence-electron chi connectivity index (χ2n) is 4.50. The summed E-state index contributed by atoms with van der Waals surface area (Å²) in [5.41, 5.74) is 0.0437. The summed E-state index contributed by atoms with van der Waals surface area (Å²) in [6, 6.07) is 8.93. The maximum Gasteiger partial charge on any atom is 0.308 e. The predicted octanol–water partition coefficient (Wildman–Crippen LogP) is 1.85. The van der Waals surface area contributed by atoms with Gasteiger partial charge in [-0.25, -0.2) is 0 Å². The maximum absolute atomic E-state index is 12.0. The molecule has 0 unspecified atom stereocenters. The van der Waals surface area contributed by atoms with E-state index in [1.807, 2.05) is 0 Å². The standard InChI is InChI=1S/C15H13N3O5/c1-10(19)23-14-7-4-6-13(18(21)22)11(14)9-17-15(20)12-5-2-3-8-16-12/h2-8H,9H2,1H3,(H,17,20). The highest BCUT2D eigenvalue weighted by Gasteiger charge is 2.20. The van der Waals surface area contributed by atoms with Crippen LogP contribution in [-0.4, -0.2) is 21.8 Å². The van der Waals surface area contributed by atoms with E-state index in [0.29, 0.717) is 0 Å². The quantitative estimate of drug-likeness (QED) is 0.390. The number of carbonyl (C=O) groups excluding carboxylic acids is 2. The number of nitro benzene ring substituents is 1. The average molecular weight is 315 g/mol. The minimum atomic E-state index is -0.609. The molecule has 0 aliphatic carbocycles. The van der Waals surface area contributed by atoms with Crippen molar-refractivity contribution in [2.24, 2.45) is 0 Å². The van der Waals surface area contributed by atoms with Gasteiger partial charge in [-0.05, 0) is 18.2 Å². The van der Waals surface area contributed by atoms with Gasteiger partial charge in [0.15, 0.2) is 0 Å².